The average Bonchev–Trinajstić information content (AvgIpc) is 3.07. The van der Waals surface area contributed by atoms with Gasteiger partial charge in [0.1, 0.15) is 5.75 Å². The van der Waals surface area contributed by atoms with Crippen LogP contribution in [0.4, 0.5) is 0 Å². The zero-order valence-corrected chi connectivity index (χ0v) is 14.7. The van der Waals surface area contributed by atoms with E-state index >= 15 is 0 Å². The third kappa shape index (κ3) is 2.95. The van der Waals surface area contributed by atoms with Gasteiger partial charge in [0.15, 0.2) is 5.06 Å². The number of thiophene rings is 1. The molecular weight excluding hydrogens is 350 g/mol. The summed E-state index contributed by atoms with van der Waals surface area (Å²) in [7, 11) is 1.62. The summed E-state index contributed by atoms with van der Waals surface area (Å²) in [6.07, 6.45) is -0.107. The minimum atomic E-state index is -0.913. The molecule has 7 heteroatoms. The predicted molar refractivity (Wildman–Crippen MR) is 94.7 cm³/mol. The van der Waals surface area contributed by atoms with Gasteiger partial charge in [0, 0.05) is 16.0 Å². The Morgan fingerprint density at radius 2 is 2.12 bits per heavy atom. The van der Waals surface area contributed by atoms with Crippen molar-refractivity contribution in [3.05, 3.63) is 45.4 Å². The van der Waals surface area contributed by atoms with Crippen molar-refractivity contribution in [2.24, 2.45) is 0 Å². The Hall–Kier alpha value is -2.18. The molecule has 3 aromatic rings. The van der Waals surface area contributed by atoms with E-state index in [2.05, 4.69) is 0 Å². The number of aromatic hydroxyl groups is 1. The molecule has 24 heavy (non-hydrogen) atoms. The fraction of sp³-hybridized carbons (Fsp3) is 0.235. The minimum absolute atomic E-state index is 0.0502. The van der Waals surface area contributed by atoms with Gasteiger partial charge >= 0.3 is 5.97 Å². The smallest absolute Gasteiger partial charge is 0.307 e. The van der Waals surface area contributed by atoms with Gasteiger partial charge in [0.2, 0.25) is 0 Å². The largest absolute Gasteiger partial charge is 0.506 e. The molecule has 2 heterocycles. The lowest BCUT2D eigenvalue weighted by atomic mass is 10.1. The van der Waals surface area contributed by atoms with E-state index in [1.165, 1.54) is 17.4 Å². The molecule has 0 aliphatic heterocycles. The van der Waals surface area contributed by atoms with Crippen molar-refractivity contribution in [3.63, 3.8) is 0 Å². The molecule has 0 spiro atoms. The van der Waals surface area contributed by atoms with Gasteiger partial charge in [-0.3, -0.25) is 4.79 Å². The maximum atomic E-state index is 11.2. The minimum Gasteiger partial charge on any atom is -0.506 e. The number of halogens is 1. The van der Waals surface area contributed by atoms with Crippen LogP contribution in [0, 0.1) is 6.92 Å². The van der Waals surface area contributed by atoms with Crippen LogP contribution in [0.15, 0.2) is 24.3 Å². The van der Waals surface area contributed by atoms with Crippen LogP contribution in [-0.4, -0.2) is 27.9 Å². The highest BCUT2D eigenvalue weighted by molar-refractivity contribution is 7.13. The van der Waals surface area contributed by atoms with Crippen LogP contribution in [0.2, 0.25) is 5.02 Å². The second-order valence-electron chi connectivity index (χ2n) is 5.47. The highest BCUT2D eigenvalue weighted by Gasteiger charge is 2.19. The van der Waals surface area contributed by atoms with E-state index in [0.29, 0.717) is 17.5 Å². The molecule has 0 saturated heterocycles. The first kappa shape index (κ1) is 16.7. The summed E-state index contributed by atoms with van der Waals surface area (Å²) in [5.74, 6) is -0.963. The molecule has 0 saturated carbocycles. The normalized spacial score (nSPS) is 11.1. The highest BCUT2D eigenvalue weighted by Crippen LogP contribution is 2.35. The topological polar surface area (TPSA) is 71.7 Å². The van der Waals surface area contributed by atoms with E-state index in [1.54, 1.807) is 13.2 Å². The summed E-state index contributed by atoms with van der Waals surface area (Å²) in [5.41, 5.74) is 2.34. The molecule has 1 aromatic carbocycles. The Kier molecular flexibility index (Phi) is 4.43. The average molecular weight is 366 g/mol. The molecule has 2 aromatic heterocycles. The second kappa shape index (κ2) is 6.37. The number of benzene rings is 1. The lowest BCUT2D eigenvalue weighted by Gasteiger charge is -2.07. The summed E-state index contributed by atoms with van der Waals surface area (Å²) in [6.45, 7) is 2.46. The maximum absolute atomic E-state index is 11.2. The van der Waals surface area contributed by atoms with Crippen molar-refractivity contribution in [2.75, 3.05) is 7.11 Å². The fourth-order valence-electron chi connectivity index (χ4n) is 2.84. The van der Waals surface area contributed by atoms with Gasteiger partial charge in [-0.15, -0.1) is 11.3 Å². The molecule has 5 nitrogen and oxygen atoms in total. The van der Waals surface area contributed by atoms with Crippen molar-refractivity contribution >= 4 is 39.8 Å². The van der Waals surface area contributed by atoms with Gasteiger partial charge in [-0.1, -0.05) is 11.6 Å². The number of carboxylic acids is 1. The predicted octanol–water partition coefficient (Wildman–Crippen LogP) is 4.05. The zero-order valence-electron chi connectivity index (χ0n) is 13.2. The molecule has 0 fully saturated rings. The number of phenols is 1. The standard InChI is InChI=1S/C17H16ClNO4S/c1-9-11(6-16(21)22)12-5-15(20)13(18)7-14(12)19(9)8-10-3-4-17(23-2)24-10/h3-5,7,20H,6,8H2,1-2H3,(H,21,22). The molecule has 0 amide bonds. The number of fused-ring (bicyclic) bond motifs is 1. The first-order chi connectivity index (χ1) is 11.4. The third-order valence-corrected chi connectivity index (χ3v) is 5.34. The SMILES string of the molecule is COc1ccc(Cn2c(C)c(CC(=O)O)c3cc(O)c(Cl)cc32)s1. The van der Waals surface area contributed by atoms with Crippen LogP contribution in [0.5, 0.6) is 10.8 Å². The van der Waals surface area contributed by atoms with Gasteiger partial charge in [-0.2, -0.15) is 0 Å². The van der Waals surface area contributed by atoms with Crippen molar-refractivity contribution < 1.29 is 19.7 Å². The summed E-state index contributed by atoms with van der Waals surface area (Å²) < 4.78 is 7.24. The van der Waals surface area contributed by atoms with E-state index in [-0.39, 0.29) is 17.2 Å². The summed E-state index contributed by atoms with van der Waals surface area (Å²) in [4.78, 5) is 12.3. The van der Waals surface area contributed by atoms with Gasteiger partial charge in [0.25, 0.3) is 0 Å². The van der Waals surface area contributed by atoms with Crippen LogP contribution >= 0.6 is 22.9 Å². The summed E-state index contributed by atoms with van der Waals surface area (Å²) in [6, 6.07) is 7.09. The Balaban J connectivity index is 2.16. The van der Waals surface area contributed by atoms with Crippen LogP contribution in [-0.2, 0) is 17.8 Å². The molecule has 2 N–H and O–H groups in total. The Labute approximate surface area is 147 Å². The number of hydrogen-bond acceptors (Lipinski definition) is 4. The summed E-state index contributed by atoms with van der Waals surface area (Å²) >= 11 is 7.59. The fourth-order valence-corrected chi connectivity index (χ4v) is 3.81. The van der Waals surface area contributed by atoms with Gasteiger partial charge in [0.05, 0.1) is 30.6 Å². The highest BCUT2D eigenvalue weighted by atomic mass is 35.5. The first-order valence-electron chi connectivity index (χ1n) is 7.25. The molecule has 0 atom stereocenters. The number of aliphatic carboxylic acids is 1. The Morgan fingerprint density at radius 3 is 2.75 bits per heavy atom. The maximum Gasteiger partial charge on any atom is 0.307 e. The van der Waals surface area contributed by atoms with E-state index in [1.807, 2.05) is 23.6 Å². The van der Waals surface area contributed by atoms with Gasteiger partial charge in [-0.05, 0) is 36.8 Å². The first-order valence-corrected chi connectivity index (χ1v) is 8.44. The molecular formula is C17H16ClNO4S. The molecule has 0 radical (unpaired) electrons. The number of methoxy groups -OCH3 is 1. The molecule has 3 rings (SSSR count). The monoisotopic (exact) mass is 365 g/mol. The van der Waals surface area contributed by atoms with Crippen LogP contribution in [0.1, 0.15) is 16.1 Å². The number of phenolic OH excluding ortho intramolecular Hbond substituents is 1. The Bertz CT molecular complexity index is 928. The number of rotatable bonds is 5. The van der Waals surface area contributed by atoms with Crippen molar-refractivity contribution in [3.8, 4) is 10.8 Å². The molecule has 0 bridgehead atoms. The third-order valence-electron chi connectivity index (χ3n) is 4.00. The number of hydrogen-bond donors (Lipinski definition) is 2. The number of ether oxygens (including phenoxy) is 1. The van der Waals surface area contributed by atoms with E-state index in [9.17, 15) is 15.0 Å². The van der Waals surface area contributed by atoms with Gasteiger partial charge in [-0.25, -0.2) is 0 Å². The zero-order chi connectivity index (χ0) is 17.4. The van der Waals surface area contributed by atoms with Gasteiger partial charge < -0.3 is 19.5 Å². The van der Waals surface area contributed by atoms with Crippen molar-refractivity contribution in [1.29, 1.82) is 0 Å². The molecule has 0 unspecified atom stereocenters. The number of carboxylic acid groups (broad SMARTS) is 1. The molecule has 0 aliphatic rings. The lowest BCUT2D eigenvalue weighted by Crippen LogP contribution is -2.04. The summed E-state index contributed by atoms with van der Waals surface area (Å²) in [5, 5.41) is 20.9. The number of carbonyl (C=O) groups is 1. The van der Waals surface area contributed by atoms with E-state index < -0.39 is 5.97 Å². The van der Waals surface area contributed by atoms with Crippen LogP contribution in [0.25, 0.3) is 10.9 Å². The van der Waals surface area contributed by atoms with Crippen LogP contribution < -0.4 is 4.74 Å². The number of aromatic nitrogens is 1. The van der Waals surface area contributed by atoms with E-state index in [4.69, 9.17) is 16.3 Å². The Morgan fingerprint density at radius 1 is 1.38 bits per heavy atom. The van der Waals surface area contributed by atoms with Crippen molar-refractivity contribution in [2.45, 2.75) is 19.9 Å². The van der Waals surface area contributed by atoms with E-state index in [0.717, 1.165) is 21.2 Å². The van der Waals surface area contributed by atoms with Crippen molar-refractivity contribution in [1.82, 2.24) is 4.57 Å². The lowest BCUT2D eigenvalue weighted by molar-refractivity contribution is -0.136. The molecule has 126 valence electrons. The van der Waals surface area contributed by atoms with Crippen LogP contribution in [0.3, 0.4) is 0 Å². The number of nitrogens with zero attached hydrogens (tertiary/aromatic N) is 1. The second-order valence-corrected chi connectivity index (χ2v) is 7.00. The quantitative estimate of drug-likeness (QED) is 0.715. The molecule has 0 aliphatic carbocycles.